The topological polar surface area (TPSA) is 34.3 Å². The first-order chi connectivity index (χ1) is 8.43. The summed E-state index contributed by atoms with van der Waals surface area (Å²) in [4.78, 5) is 0. The molecule has 0 aromatic heterocycles. The molecule has 0 spiro atoms. The van der Waals surface area contributed by atoms with Crippen molar-refractivity contribution in [3.05, 3.63) is 0 Å². The molecule has 4 atom stereocenters. The molecule has 3 aliphatic rings. The highest BCUT2D eigenvalue weighted by Gasteiger charge is 2.40. The van der Waals surface area contributed by atoms with Crippen molar-refractivity contribution >= 4 is 0 Å². The van der Waals surface area contributed by atoms with E-state index in [1.54, 1.807) is 0 Å². The summed E-state index contributed by atoms with van der Waals surface area (Å²) >= 11 is 0. The molecule has 0 amide bonds. The molecule has 0 aromatic rings. The second-order valence-electron chi connectivity index (χ2n) is 5.66. The van der Waals surface area contributed by atoms with E-state index in [1.165, 1.54) is 51.4 Å². The molecule has 3 heterocycles. The monoisotopic (exact) mass is 240 g/mol. The van der Waals surface area contributed by atoms with Crippen LogP contribution in [-0.2, 0) is 14.2 Å². The Morgan fingerprint density at radius 3 is 1.35 bits per heavy atom. The van der Waals surface area contributed by atoms with Crippen LogP contribution in [0.2, 0.25) is 0 Å². The molecule has 3 fully saturated rings. The fraction of sp³-hybridized carbons (Fsp3) is 1.00. The minimum atomic E-state index is 0.335. The van der Waals surface area contributed by atoms with Crippen LogP contribution in [-0.4, -0.2) is 37.6 Å². The third-order valence-electron chi connectivity index (χ3n) is 4.12. The Labute approximate surface area is 104 Å². The summed E-state index contributed by atoms with van der Waals surface area (Å²) in [6.07, 6.45) is 11.9. The van der Waals surface area contributed by atoms with Crippen molar-refractivity contribution in [1.82, 2.24) is 0 Å². The van der Waals surface area contributed by atoms with Gasteiger partial charge < -0.3 is 14.2 Å². The molecule has 3 saturated heterocycles. The highest BCUT2D eigenvalue weighted by Crippen LogP contribution is 2.30. The largest absolute Gasteiger partial charge is 0.370 e. The van der Waals surface area contributed by atoms with Gasteiger partial charge in [-0.05, 0) is 12.8 Å². The van der Waals surface area contributed by atoms with Gasteiger partial charge in [-0.1, -0.05) is 38.5 Å². The maximum atomic E-state index is 6.28. The third-order valence-corrected chi connectivity index (χ3v) is 4.12. The Hall–Kier alpha value is -0.120. The van der Waals surface area contributed by atoms with Crippen molar-refractivity contribution in [3.63, 3.8) is 0 Å². The van der Waals surface area contributed by atoms with Crippen LogP contribution in [0.5, 0.6) is 0 Å². The number of epoxide rings is 2. The van der Waals surface area contributed by atoms with E-state index in [0.29, 0.717) is 24.4 Å². The summed E-state index contributed by atoms with van der Waals surface area (Å²) in [5, 5.41) is 0. The Morgan fingerprint density at radius 2 is 0.941 bits per heavy atom. The molecule has 0 radical (unpaired) electrons. The molecule has 0 aromatic carbocycles. The zero-order valence-electron chi connectivity index (χ0n) is 10.6. The maximum absolute atomic E-state index is 6.28. The first-order valence-corrected chi connectivity index (χ1v) is 7.32. The van der Waals surface area contributed by atoms with Crippen LogP contribution in [0, 0.1) is 0 Å². The minimum absolute atomic E-state index is 0.335. The second kappa shape index (κ2) is 5.68. The van der Waals surface area contributed by atoms with Crippen LogP contribution in [0.3, 0.4) is 0 Å². The van der Waals surface area contributed by atoms with E-state index >= 15 is 0 Å². The number of ether oxygens (including phenoxy) is 3. The van der Waals surface area contributed by atoms with Gasteiger partial charge in [0.05, 0.1) is 25.4 Å². The lowest BCUT2D eigenvalue weighted by atomic mass is 10.1. The zero-order valence-corrected chi connectivity index (χ0v) is 10.6. The average Bonchev–Trinajstić information content (AvgIpc) is 3.19. The summed E-state index contributed by atoms with van der Waals surface area (Å²) < 4.78 is 17.1. The zero-order chi connectivity index (χ0) is 11.5. The fourth-order valence-electron chi connectivity index (χ4n) is 2.85. The Balaban J connectivity index is 1.56. The van der Waals surface area contributed by atoms with Crippen molar-refractivity contribution in [1.29, 1.82) is 0 Å². The molecule has 0 aliphatic carbocycles. The third kappa shape index (κ3) is 3.67. The molecular formula is C14H24O3. The van der Waals surface area contributed by atoms with Gasteiger partial charge >= 0.3 is 0 Å². The molecule has 0 bridgehead atoms. The minimum Gasteiger partial charge on any atom is -0.370 e. The number of hydrogen-bond acceptors (Lipinski definition) is 3. The highest BCUT2D eigenvalue weighted by molar-refractivity contribution is 4.86. The van der Waals surface area contributed by atoms with Gasteiger partial charge in [-0.25, -0.2) is 0 Å². The molecule has 0 saturated carbocycles. The number of hydrogen-bond donors (Lipinski definition) is 0. The van der Waals surface area contributed by atoms with Gasteiger partial charge in [-0.3, -0.25) is 0 Å². The molecule has 98 valence electrons. The Kier molecular flexibility index (Phi) is 3.99. The maximum Gasteiger partial charge on any atom is 0.107 e. The molecule has 0 N–H and O–H groups in total. The van der Waals surface area contributed by atoms with Crippen LogP contribution >= 0.6 is 0 Å². The summed E-state index contributed by atoms with van der Waals surface area (Å²) in [6, 6.07) is 0. The quantitative estimate of drug-likeness (QED) is 0.696. The second-order valence-corrected chi connectivity index (χ2v) is 5.66. The van der Waals surface area contributed by atoms with Crippen molar-refractivity contribution in [2.45, 2.75) is 75.8 Å². The van der Waals surface area contributed by atoms with Gasteiger partial charge in [0, 0.05) is 0 Å². The number of rotatable bonds is 2. The highest BCUT2D eigenvalue weighted by atomic mass is 16.6. The summed E-state index contributed by atoms with van der Waals surface area (Å²) in [6.45, 7) is 1.81. The SMILES string of the molecule is C1CCCCC(C2CO2)OC(C2CO2)CCC1. The smallest absolute Gasteiger partial charge is 0.107 e. The van der Waals surface area contributed by atoms with Crippen molar-refractivity contribution in [2.24, 2.45) is 0 Å². The van der Waals surface area contributed by atoms with E-state index in [2.05, 4.69) is 0 Å². The summed E-state index contributed by atoms with van der Waals surface area (Å²) in [7, 11) is 0. The van der Waals surface area contributed by atoms with Gasteiger partial charge in [0.1, 0.15) is 12.2 Å². The van der Waals surface area contributed by atoms with E-state index in [1.807, 2.05) is 0 Å². The van der Waals surface area contributed by atoms with Crippen LogP contribution in [0.25, 0.3) is 0 Å². The van der Waals surface area contributed by atoms with E-state index in [0.717, 1.165) is 13.2 Å². The van der Waals surface area contributed by atoms with Crippen molar-refractivity contribution in [3.8, 4) is 0 Å². The molecular weight excluding hydrogens is 216 g/mol. The van der Waals surface area contributed by atoms with Crippen LogP contribution < -0.4 is 0 Å². The molecule has 3 aliphatic heterocycles. The van der Waals surface area contributed by atoms with E-state index in [4.69, 9.17) is 14.2 Å². The van der Waals surface area contributed by atoms with Gasteiger partial charge in [-0.2, -0.15) is 0 Å². The standard InChI is InChI=1S/C14H24O3/c1-2-4-6-8-12(14-10-16-14)17-11(7-5-3-1)13-9-15-13/h11-14H,1-10H2. The lowest BCUT2D eigenvalue weighted by Crippen LogP contribution is -2.30. The predicted octanol–water partition coefficient (Wildman–Crippen LogP) is 2.67. The molecule has 3 heteroatoms. The lowest BCUT2D eigenvalue weighted by Gasteiger charge is -2.22. The first-order valence-electron chi connectivity index (χ1n) is 7.32. The van der Waals surface area contributed by atoms with Crippen LogP contribution in [0.1, 0.15) is 51.4 Å². The Bertz CT molecular complexity index is 212. The van der Waals surface area contributed by atoms with Crippen molar-refractivity contribution in [2.75, 3.05) is 13.2 Å². The van der Waals surface area contributed by atoms with Gasteiger partial charge in [0.25, 0.3) is 0 Å². The normalized spacial score (nSPS) is 43.8. The molecule has 4 unspecified atom stereocenters. The van der Waals surface area contributed by atoms with Crippen LogP contribution in [0.4, 0.5) is 0 Å². The Morgan fingerprint density at radius 1 is 0.529 bits per heavy atom. The molecule has 17 heavy (non-hydrogen) atoms. The lowest BCUT2D eigenvalue weighted by molar-refractivity contribution is -0.0462. The van der Waals surface area contributed by atoms with Gasteiger partial charge in [0.2, 0.25) is 0 Å². The van der Waals surface area contributed by atoms with Crippen LogP contribution in [0.15, 0.2) is 0 Å². The summed E-state index contributed by atoms with van der Waals surface area (Å²) in [5.41, 5.74) is 0. The van der Waals surface area contributed by atoms with Crippen molar-refractivity contribution < 1.29 is 14.2 Å². The predicted molar refractivity (Wildman–Crippen MR) is 65.1 cm³/mol. The van der Waals surface area contributed by atoms with Gasteiger partial charge in [-0.15, -0.1) is 0 Å². The van der Waals surface area contributed by atoms with E-state index < -0.39 is 0 Å². The average molecular weight is 240 g/mol. The van der Waals surface area contributed by atoms with E-state index in [9.17, 15) is 0 Å². The first kappa shape index (κ1) is 11.9. The molecule has 3 nitrogen and oxygen atoms in total. The van der Waals surface area contributed by atoms with Gasteiger partial charge in [0.15, 0.2) is 0 Å². The fourth-order valence-corrected chi connectivity index (χ4v) is 2.85. The summed E-state index contributed by atoms with van der Waals surface area (Å²) in [5.74, 6) is 0. The van der Waals surface area contributed by atoms with E-state index in [-0.39, 0.29) is 0 Å². The molecule has 3 rings (SSSR count).